The predicted molar refractivity (Wildman–Crippen MR) is 84.0 cm³/mol. The summed E-state index contributed by atoms with van der Waals surface area (Å²) in [6.07, 6.45) is 17.0. The van der Waals surface area contributed by atoms with Crippen molar-refractivity contribution in [3.63, 3.8) is 0 Å². The summed E-state index contributed by atoms with van der Waals surface area (Å²) in [7, 11) is 1.87. The summed E-state index contributed by atoms with van der Waals surface area (Å²) >= 11 is 0. The van der Waals surface area contributed by atoms with Crippen LogP contribution < -0.4 is 0 Å². The van der Waals surface area contributed by atoms with Crippen LogP contribution in [0, 0.1) is 0 Å². The molecule has 1 heterocycles. The third-order valence-electron chi connectivity index (χ3n) is 3.86. The number of rotatable bonds is 12. The molecule has 3 nitrogen and oxygen atoms in total. The van der Waals surface area contributed by atoms with Crippen LogP contribution in [0.4, 0.5) is 0 Å². The summed E-state index contributed by atoms with van der Waals surface area (Å²) in [5, 5.41) is 0. The molecule has 0 bridgehead atoms. The average Bonchev–Trinajstić information content (AvgIpc) is 2.87. The van der Waals surface area contributed by atoms with Gasteiger partial charge in [0, 0.05) is 13.5 Å². The van der Waals surface area contributed by atoms with Crippen LogP contribution in [-0.4, -0.2) is 15.3 Å². The molecule has 1 aromatic rings. The Hall–Kier alpha value is -1.12. The minimum Gasteiger partial charge on any atom is -0.331 e. The minimum absolute atomic E-state index is 0.226. The maximum absolute atomic E-state index is 11.9. The van der Waals surface area contributed by atoms with Crippen molar-refractivity contribution in [2.45, 2.75) is 77.6 Å². The van der Waals surface area contributed by atoms with E-state index in [0.717, 1.165) is 12.1 Å². The first-order chi connectivity index (χ1) is 9.75. The maximum Gasteiger partial charge on any atom is 0.180 e. The molecule has 1 rings (SSSR count). The molecule has 114 valence electrons. The second-order valence-corrected chi connectivity index (χ2v) is 5.74. The van der Waals surface area contributed by atoms with E-state index in [1.807, 2.05) is 7.05 Å². The molecule has 3 heteroatoms. The molecule has 0 saturated carbocycles. The first kappa shape index (κ1) is 16.9. The van der Waals surface area contributed by atoms with Crippen molar-refractivity contribution < 1.29 is 4.79 Å². The molecule has 0 radical (unpaired) electrons. The summed E-state index contributed by atoms with van der Waals surface area (Å²) < 4.78 is 1.80. The summed E-state index contributed by atoms with van der Waals surface area (Å²) in [5.41, 5.74) is 0.737. The molecule has 0 aliphatic carbocycles. The Balaban J connectivity index is 1.92. The van der Waals surface area contributed by atoms with Crippen molar-refractivity contribution in [2.24, 2.45) is 7.05 Å². The second kappa shape index (κ2) is 10.6. The third-order valence-corrected chi connectivity index (χ3v) is 3.86. The van der Waals surface area contributed by atoms with Crippen molar-refractivity contribution >= 4 is 5.78 Å². The Kier molecular flexibility index (Phi) is 9.01. The Bertz CT molecular complexity index is 371. The number of carbonyl (C=O) groups is 1. The lowest BCUT2D eigenvalue weighted by atomic mass is 10.0. The fourth-order valence-corrected chi connectivity index (χ4v) is 2.53. The second-order valence-electron chi connectivity index (χ2n) is 5.74. The van der Waals surface area contributed by atoms with Crippen molar-refractivity contribution in [1.29, 1.82) is 0 Å². The van der Waals surface area contributed by atoms with E-state index in [1.165, 1.54) is 57.8 Å². The van der Waals surface area contributed by atoms with E-state index < -0.39 is 0 Å². The molecule has 0 aliphatic rings. The van der Waals surface area contributed by atoms with Crippen molar-refractivity contribution in [2.75, 3.05) is 0 Å². The van der Waals surface area contributed by atoms with Gasteiger partial charge in [-0.2, -0.15) is 0 Å². The van der Waals surface area contributed by atoms with Crippen LogP contribution in [0.5, 0.6) is 0 Å². The molecule has 0 N–H and O–H groups in total. The number of unbranched alkanes of at least 4 members (excludes halogenated alkanes) is 9. The number of carbonyl (C=O) groups excluding carboxylic acids is 1. The number of ketones is 1. The lowest BCUT2D eigenvalue weighted by molar-refractivity contribution is 0.0971. The van der Waals surface area contributed by atoms with Crippen LogP contribution >= 0.6 is 0 Å². The zero-order valence-corrected chi connectivity index (χ0v) is 13.2. The monoisotopic (exact) mass is 278 g/mol. The highest BCUT2D eigenvalue weighted by atomic mass is 16.1. The number of imidazole rings is 1. The van der Waals surface area contributed by atoms with Gasteiger partial charge in [-0.15, -0.1) is 0 Å². The van der Waals surface area contributed by atoms with Gasteiger partial charge >= 0.3 is 0 Å². The molecule has 0 atom stereocenters. The Morgan fingerprint density at radius 2 is 1.55 bits per heavy atom. The molecular formula is C17H30N2O. The Labute approximate surface area is 123 Å². The van der Waals surface area contributed by atoms with E-state index in [1.54, 1.807) is 17.1 Å². The fraction of sp³-hybridized carbons (Fsp3) is 0.765. The summed E-state index contributed by atoms with van der Waals surface area (Å²) in [5.74, 6) is 0.226. The van der Waals surface area contributed by atoms with Gasteiger partial charge in [-0.25, -0.2) is 4.98 Å². The van der Waals surface area contributed by atoms with Gasteiger partial charge in [0.25, 0.3) is 0 Å². The normalized spacial score (nSPS) is 10.9. The van der Waals surface area contributed by atoms with E-state index >= 15 is 0 Å². The molecular weight excluding hydrogens is 248 g/mol. The molecule has 0 spiro atoms. The van der Waals surface area contributed by atoms with Gasteiger partial charge in [0.15, 0.2) is 5.78 Å². The predicted octanol–water partition coefficient (Wildman–Crippen LogP) is 4.91. The smallest absolute Gasteiger partial charge is 0.180 e. The zero-order valence-electron chi connectivity index (χ0n) is 13.2. The van der Waals surface area contributed by atoms with Crippen LogP contribution in [0.15, 0.2) is 12.5 Å². The van der Waals surface area contributed by atoms with Gasteiger partial charge in [0.1, 0.15) is 5.69 Å². The SMILES string of the molecule is CCCCCCCCCCCCC(=O)c1cncn1C. The van der Waals surface area contributed by atoms with Crippen LogP contribution in [0.2, 0.25) is 0 Å². The number of Topliss-reactive ketones (excluding diaryl/α,β-unsaturated/α-hetero) is 1. The number of hydrogen-bond donors (Lipinski definition) is 0. The summed E-state index contributed by atoms with van der Waals surface area (Å²) in [4.78, 5) is 15.9. The first-order valence-corrected chi connectivity index (χ1v) is 8.25. The van der Waals surface area contributed by atoms with E-state index in [4.69, 9.17) is 0 Å². The topological polar surface area (TPSA) is 34.9 Å². The van der Waals surface area contributed by atoms with Crippen LogP contribution in [0.25, 0.3) is 0 Å². The van der Waals surface area contributed by atoms with E-state index in [0.29, 0.717) is 6.42 Å². The molecule has 1 aromatic heterocycles. The van der Waals surface area contributed by atoms with E-state index in [9.17, 15) is 4.79 Å². The maximum atomic E-state index is 11.9. The summed E-state index contributed by atoms with van der Waals surface area (Å²) in [6, 6.07) is 0. The standard InChI is InChI=1S/C17H30N2O/c1-3-4-5-6-7-8-9-10-11-12-13-17(20)16-14-18-15-19(16)2/h14-15H,3-13H2,1-2H3. The molecule has 0 aromatic carbocycles. The lowest BCUT2D eigenvalue weighted by Crippen LogP contribution is -2.04. The molecule has 20 heavy (non-hydrogen) atoms. The van der Waals surface area contributed by atoms with Gasteiger partial charge < -0.3 is 4.57 Å². The molecule has 0 saturated heterocycles. The van der Waals surface area contributed by atoms with E-state index in [-0.39, 0.29) is 5.78 Å². The Morgan fingerprint density at radius 3 is 2.05 bits per heavy atom. The van der Waals surface area contributed by atoms with Crippen LogP contribution in [0.3, 0.4) is 0 Å². The quantitative estimate of drug-likeness (QED) is 0.402. The lowest BCUT2D eigenvalue weighted by Gasteiger charge is -2.03. The number of aromatic nitrogens is 2. The van der Waals surface area contributed by atoms with Crippen molar-refractivity contribution in [3.05, 3.63) is 18.2 Å². The highest BCUT2D eigenvalue weighted by molar-refractivity contribution is 5.94. The minimum atomic E-state index is 0.226. The molecule has 0 unspecified atom stereocenters. The number of nitrogens with zero attached hydrogens (tertiary/aromatic N) is 2. The third kappa shape index (κ3) is 6.88. The average molecular weight is 278 g/mol. The number of hydrogen-bond acceptors (Lipinski definition) is 2. The van der Waals surface area contributed by atoms with Gasteiger partial charge in [-0.3, -0.25) is 4.79 Å². The number of aryl methyl sites for hydroxylation is 1. The fourth-order valence-electron chi connectivity index (χ4n) is 2.53. The highest BCUT2D eigenvalue weighted by Gasteiger charge is 2.08. The Morgan fingerprint density at radius 1 is 1.00 bits per heavy atom. The highest BCUT2D eigenvalue weighted by Crippen LogP contribution is 2.12. The largest absolute Gasteiger partial charge is 0.331 e. The van der Waals surface area contributed by atoms with E-state index in [2.05, 4.69) is 11.9 Å². The van der Waals surface area contributed by atoms with Crippen molar-refractivity contribution in [3.8, 4) is 0 Å². The van der Waals surface area contributed by atoms with Crippen LogP contribution in [0.1, 0.15) is 88.0 Å². The van der Waals surface area contributed by atoms with Gasteiger partial charge in [0.05, 0.1) is 12.5 Å². The van der Waals surface area contributed by atoms with Gasteiger partial charge in [-0.05, 0) is 6.42 Å². The zero-order chi connectivity index (χ0) is 14.6. The van der Waals surface area contributed by atoms with Crippen LogP contribution in [-0.2, 0) is 7.05 Å². The van der Waals surface area contributed by atoms with Gasteiger partial charge in [0.2, 0.25) is 0 Å². The van der Waals surface area contributed by atoms with Gasteiger partial charge in [-0.1, -0.05) is 64.7 Å². The summed E-state index contributed by atoms with van der Waals surface area (Å²) in [6.45, 7) is 2.26. The molecule has 0 aliphatic heterocycles. The first-order valence-electron chi connectivity index (χ1n) is 8.25. The van der Waals surface area contributed by atoms with Crippen molar-refractivity contribution in [1.82, 2.24) is 9.55 Å². The molecule has 0 fully saturated rings. The molecule has 0 amide bonds.